The van der Waals surface area contributed by atoms with Crippen molar-refractivity contribution in [1.29, 1.82) is 0 Å². The lowest BCUT2D eigenvalue weighted by Crippen LogP contribution is -2.66. The summed E-state index contributed by atoms with van der Waals surface area (Å²) in [6, 6.07) is 25.4. The van der Waals surface area contributed by atoms with Crippen molar-refractivity contribution in [2.75, 3.05) is 23.9 Å². The molecule has 2 aromatic rings. The third kappa shape index (κ3) is 8.57. The lowest BCUT2D eigenvalue weighted by Gasteiger charge is -2.61. The molecule has 4 atom stereocenters. The summed E-state index contributed by atoms with van der Waals surface area (Å²) in [5.74, 6) is -1.58. The molecule has 0 saturated heterocycles. The number of aryl methyl sites for hydroxylation is 2. The Bertz CT molecular complexity index is 2670. The molecule has 7 heteroatoms. The number of hydrogen-bond donors (Lipinski definition) is 0. The SMILES string of the molecule is CN1C(=CC2C([O-])C(C=C3C=C(C(C)(C)C)SC(C(C)(C)C)=C3)C2[O-])C(C)(C)c2ccccc21.Cc1cc(C2C([O-])C(C=C3N(C)c4ccccc4C3(C)C)C2[O-])c2c(C)ccc(C(C)C)cc1-2. The molecule has 7 aliphatic rings. The van der Waals surface area contributed by atoms with E-state index >= 15 is 0 Å². The van der Waals surface area contributed by atoms with Crippen molar-refractivity contribution in [2.24, 2.45) is 28.6 Å². The van der Waals surface area contributed by atoms with Crippen LogP contribution in [0.1, 0.15) is 128 Å². The van der Waals surface area contributed by atoms with Crippen molar-refractivity contribution >= 4 is 23.1 Å². The highest BCUT2D eigenvalue weighted by Gasteiger charge is 2.44. The van der Waals surface area contributed by atoms with Crippen LogP contribution in [0.4, 0.5) is 11.4 Å². The fraction of sp³-hybridized carbons (Fsp3) is 0.475. The molecule has 9 rings (SSSR count). The number of fused-ring (bicyclic) bond motifs is 3. The standard InChI is InChI=1S/C31H35NO2.C30H39NO2S/c1-17(2)20-13-12-18(3)27-21(15-20)19(4)14-22(27)28-29(33)23(30(28)34)16-26-31(5,6)24-10-8-9-11-25(24)32(26)7;1-28(2,3)24-15-18(16-25(34-24)29(4,5)6)14-19-26(32)20(27(19)33)17-23-30(7,8)21-12-10-11-13-22(21)31(23)9/h8-17,23,28-30H,1-7H3;10-17,19-20,26-27H,1-9H3/q2*-2. The van der Waals surface area contributed by atoms with Gasteiger partial charge in [-0.25, -0.2) is 0 Å². The van der Waals surface area contributed by atoms with Crippen LogP contribution in [0.5, 0.6) is 0 Å². The molecule has 362 valence electrons. The van der Waals surface area contributed by atoms with Gasteiger partial charge in [0, 0.05) is 47.7 Å². The Kier molecular flexibility index (Phi) is 13.1. The molecule has 4 aliphatic carbocycles. The maximum Gasteiger partial charge on any atom is 0.0447 e. The monoisotopic (exact) mass is 931 g/mol. The third-order valence-corrected chi connectivity index (χ3v) is 17.8. The summed E-state index contributed by atoms with van der Waals surface area (Å²) in [5, 5.41) is 53.8. The molecule has 2 fully saturated rings. The Balaban J connectivity index is 0.000000184. The van der Waals surface area contributed by atoms with Gasteiger partial charge in [0.1, 0.15) is 0 Å². The second-order valence-corrected chi connectivity index (χ2v) is 24.9. The van der Waals surface area contributed by atoms with Crippen molar-refractivity contribution in [1.82, 2.24) is 0 Å². The predicted octanol–water partition coefficient (Wildman–Crippen LogP) is 10.5. The smallest absolute Gasteiger partial charge is 0.0447 e. The number of rotatable bonds is 5. The van der Waals surface area contributed by atoms with Crippen LogP contribution >= 0.6 is 11.8 Å². The van der Waals surface area contributed by atoms with E-state index in [9.17, 15) is 20.4 Å². The Labute approximate surface area is 412 Å². The molecule has 0 N–H and O–H groups in total. The number of nitrogens with zero attached hydrogens (tertiary/aromatic N) is 2. The summed E-state index contributed by atoms with van der Waals surface area (Å²) in [4.78, 5) is 6.86. The Morgan fingerprint density at radius 1 is 0.588 bits per heavy atom. The van der Waals surface area contributed by atoms with E-state index in [1.807, 2.05) is 56.2 Å². The fourth-order valence-corrected chi connectivity index (χ4v) is 12.7. The number of likely N-dealkylation sites (N-methyl/N-ethyl adjacent to an activating group) is 2. The number of benzene rings is 2. The van der Waals surface area contributed by atoms with Crippen LogP contribution in [0.2, 0.25) is 0 Å². The van der Waals surface area contributed by atoms with Crippen molar-refractivity contribution in [3.05, 3.63) is 163 Å². The zero-order chi connectivity index (χ0) is 49.7. The van der Waals surface area contributed by atoms with E-state index in [1.165, 1.54) is 32.1 Å². The van der Waals surface area contributed by atoms with E-state index in [-0.39, 0.29) is 21.7 Å². The topological polar surface area (TPSA) is 98.7 Å². The molecule has 0 aromatic heterocycles. The van der Waals surface area contributed by atoms with Gasteiger partial charge < -0.3 is 30.2 Å². The molecule has 0 amide bonds. The van der Waals surface area contributed by atoms with Gasteiger partial charge in [0.2, 0.25) is 0 Å². The van der Waals surface area contributed by atoms with E-state index in [1.54, 1.807) is 0 Å². The second-order valence-electron chi connectivity index (χ2n) is 23.8. The number of allylic oxidation sites excluding steroid dienone is 7. The van der Waals surface area contributed by atoms with Gasteiger partial charge in [-0.15, -0.1) is 24.4 Å². The van der Waals surface area contributed by atoms with Crippen LogP contribution in [0.25, 0.3) is 11.1 Å². The summed E-state index contributed by atoms with van der Waals surface area (Å²) in [6.45, 7) is 30.6. The van der Waals surface area contributed by atoms with Gasteiger partial charge in [-0.2, -0.15) is 0 Å². The fourth-order valence-electron chi connectivity index (χ4n) is 11.4. The number of anilines is 2. The first-order valence-corrected chi connectivity index (χ1v) is 25.6. The van der Waals surface area contributed by atoms with Gasteiger partial charge in [0.05, 0.1) is 0 Å². The highest BCUT2D eigenvalue weighted by molar-refractivity contribution is 8.06. The molecule has 2 aromatic carbocycles. The zero-order valence-electron chi connectivity index (χ0n) is 43.4. The van der Waals surface area contributed by atoms with Gasteiger partial charge in [0.25, 0.3) is 0 Å². The van der Waals surface area contributed by atoms with Crippen molar-refractivity contribution in [2.45, 2.75) is 144 Å². The zero-order valence-corrected chi connectivity index (χ0v) is 44.3. The average Bonchev–Trinajstić information content (AvgIpc) is 3.69. The van der Waals surface area contributed by atoms with Crippen LogP contribution in [-0.4, -0.2) is 38.5 Å². The van der Waals surface area contributed by atoms with E-state index in [4.69, 9.17) is 0 Å². The van der Waals surface area contributed by atoms with Crippen molar-refractivity contribution < 1.29 is 20.4 Å². The molecule has 3 heterocycles. The minimum absolute atomic E-state index is 0.0163. The molecule has 3 aliphatic heterocycles. The summed E-state index contributed by atoms with van der Waals surface area (Å²) in [5.41, 5.74) is 14.3. The van der Waals surface area contributed by atoms with Crippen LogP contribution in [0, 0.1) is 42.4 Å². The third-order valence-electron chi connectivity index (χ3n) is 15.9. The molecule has 0 spiro atoms. The maximum atomic E-state index is 13.6. The van der Waals surface area contributed by atoms with Crippen molar-refractivity contribution in [3.8, 4) is 11.1 Å². The molecule has 0 radical (unpaired) electrons. The normalized spacial score (nSPS) is 28.5. The second kappa shape index (κ2) is 17.8. The summed E-state index contributed by atoms with van der Waals surface area (Å²) >= 11 is 1.83. The minimum Gasteiger partial charge on any atom is -0.851 e. The van der Waals surface area contributed by atoms with Gasteiger partial charge in [-0.05, 0) is 138 Å². The molecule has 68 heavy (non-hydrogen) atoms. The lowest BCUT2D eigenvalue weighted by molar-refractivity contribution is -0.550. The number of para-hydroxylation sites is 2. The van der Waals surface area contributed by atoms with E-state index in [2.05, 4.69) is 180 Å². The van der Waals surface area contributed by atoms with E-state index in [0.717, 1.165) is 50.6 Å². The van der Waals surface area contributed by atoms with Gasteiger partial charge in [0.15, 0.2) is 0 Å². The van der Waals surface area contributed by atoms with E-state index < -0.39 is 48.1 Å². The predicted molar refractivity (Wildman–Crippen MR) is 278 cm³/mol. The first-order chi connectivity index (χ1) is 31.7. The van der Waals surface area contributed by atoms with Crippen LogP contribution in [0.3, 0.4) is 0 Å². The largest absolute Gasteiger partial charge is 0.851 e. The summed E-state index contributed by atoms with van der Waals surface area (Å²) in [7, 11) is 4.08. The highest BCUT2D eigenvalue weighted by atomic mass is 32.2. The molecule has 2 saturated carbocycles. The van der Waals surface area contributed by atoms with Crippen LogP contribution in [0.15, 0.2) is 130 Å². The highest BCUT2D eigenvalue weighted by Crippen LogP contribution is 2.53. The maximum absolute atomic E-state index is 13.6. The lowest BCUT2D eigenvalue weighted by atomic mass is 9.64. The van der Waals surface area contributed by atoms with Crippen LogP contribution in [-0.2, 0) is 10.8 Å². The average molecular weight is 931 g/mol. The molecule has 6 nitrogen and oxygen atoms in total. The molecular weight excluding hydrogens is 857 g/mol. The van der Waals surface area contributed by atoms with Gasteiger partial charge >= 0.3 is 0 Å². The molecule has 0 bridgehead atoms. The first-order valence-electron chi connectivity index (χ1n) is 24.8. The van der Waals surface area contributed by atoms with Gasteiger partial charge in [-0.3, -0.25) is 0 Å². The molecule has 4 unspecified atom stereocenters. The van der Waals surface area contributed by atoms with Crippen LogP contribution < -0.4 is 30.2 Å². The Morgan fingerprint density at radius 3 is 1.47 bits per heavy atom. The van der Waals surface area contributed by atoms with Gasteiger partial charge in [-0.1, -0.05) is 174 Å². The first kappa shape index (κ1) is 50.0. The van der Waals surface area contributed by atoms with Crippen molar-refractivity contribution in [3.63, 3.8) is 0 Å². The Morgan fingerprint density at radius 2 is 1.03 bits per heavy atom. The number of hydrogen-bond acceptors (Lipinski definition) is 7. The minimum atomic E-state index is -0.928. The Hall–Kier alpha value is -4.37. The number of thioether (sulfide) groups is 1. The summed E-state index contributed by atoms with van der Waals surface area (Å²) < 4.78 is 0. The van der Waals surface area contributed by atoms with E-state index in [0.29, 0.717) is 5.92 Å². The summed E-state index contributed by atoms with van der Waals surface area (Å²) in [6.07, 6.45) is 6.60. The molecular formula is C61H74N2O4S-4. The quantitative estimate of drug-likeness (QED) is 0.197.